The summed E-state index contributed by atoms with van der Waals surface area (Å²) in [7, 11) is 0. The van der Waals surface area contributed by atoms with Gasteiger partial charge >= 0.3 is 5.97 Å². The van der Waals surface area contributed by atoms with Gasteiger partial charge in [0.25, 0.3) is 11.8 Å². The van der Waals surface area contributed by atoms with Gasteiger partial charge in [-0.25, -0.2) is 0 Å². The van der Waals surface area contributed by atoms with Crippen LogP contribution >= 0.6 is 11.6 Å². The van der Waals surface area contributed by atoms with Gasteiger partial charge < -0.3 is 15.0 Å². The second kappa shape index (κ2) is 8.71. The molecule has 0 atom stereocenters. The van der Waals surface area contributed by atoms with Crippen LogP contribution in [0.3, 0.4) is 0 Å². The standard InChI is InChI=1S/C21H19ClN2O4/c1-14-17-7-2-3-8-18(17)21(27)24(14)10-9-20(26)28-13-19(25)23-12-15-5-4-6-16(22)11-15/h2-8,11H,1,9-10,12-13H2,(H,23,25). The summed E-state index contributed by atoms with van der Waals surface area (Å²) in [5.74, 6) is -1.16. The second-order valence-electron chi connectivity index (χ2n) is 6.27. The Kier molecular flexibility index (Phi) is 6.11. The summed E-state index contributed by atoms with van der Waals surface area (Å²) in [6.45, 7) is 3.97. The van der Waals surface area contributed by atoms with Gasteiger partial charge in [0.1, 0.15) is 0 Å². The van der Waals surface area contributed by atoms with Crippen molar-refractivity contribution in [3.8, 4) is 0 Å². The van der Waals surface area contributed by atoms with Crippen molar-refractivity contribution in [2.75, 3.05) is 13.2 Å². The number of halogens is 1. The highest BCUT2D eigenvalue weighted by Crippen LogP contribution is 2.31. The highest BCUT2D eigenvalue weighted by atomic mass is 35.5. The fourth-order valence-corrected chi connectivity index (χ4v) is 3.10. The van der Waals surface area contributed by atoms with E-state index in [2.05, 4.69) is 11.9 Å². The van der Waals surface area contributed by atoms with Crippen molar-refractivity contribution in [3.63, 3.8) is 0 Å². The number of benzene rings is 2. The van der Waals surface area contributed by atoms with Gasteiger partial charge in [-0.1, -0.05) is 48.5 Å². The number of hydrogen-bond acceptors (Lipinski definition) is 4. The van der Waals surface area contributed by atoms with Gasteiger partial charge in [0, 0.05) is 34.9 Å². The Labute approximate surface area is 167 Å². The van der Waals surface area contributed by atoms with E-state index in [0.717, 1.165) is 11.1 Å². The molecule has 0 aliphatic carbocycles. The molecular weight excluding hydrogens is 380 g/mol. The molecule has 1 N–H and O–H groups in total. The number of nitrogens with one attached hydrogen (secondary N) is 1. The molecule has 0 bridgehead atoms. The average molecular weight is 399 g/mol. The van der Waals surface area contributed by atoms with Crippen LogP contribution in [0.25, 0.3) is 5.70 Å². The lowest BCUT2D eigenvalue weighted by Crippen LogP contribution is -2.30. The molecule has 0 unspecified atom stereocenters. The van der Waals surface area contributed by atoms with E-state index in [1.54, 1.807) is 30.3 Å². The van der Waals surface area contributed by atoms with Crippen LogP contribution in [-0.4, -0.2) is 35.8 Å². The van der Waals surface area contributed by atoms with E-state index in [0.29, 0.717) is 16.3 Å². The summed E-state index contributed by atoms with van der Waals surface area (Å²) < 4.78 is 4.98. The molecule has 2 aromatic rings. The fraction of sp³-hybridized carbons (Fsp3) is 0.190. The number of hydrogen-bond donors (Lipinski definition) is 1. The maximum Gasteiger partial charge on any atom is 0.308 e. The largest absolute Gasteiger partial charge is 0.456 e. The molecule has 0 saturated heterocycles. The van der Waals surface area contributed by atoms with Crippen LogP contribution in [0.4, 0.5) is 0 Å². The summed E-state index contributed by atoms with van der Waals surface area (Å²) in [5, 5.41) is 3.23. The predicted molar refractivity (Wildman–Crippen MR) is 105 cm³/mol. The zero-order chi connectivity index (χ0) is 20.1. The van der Waals surface area contributed by atoms with Crippen LogP contribution in [0.15, 0.2) is 55.1 Å². The van der Waals surface area contributed by atoms with E-state index in [1.165, 1.54) is 4.90 Å². The lowest BCUT2D eigenvalue weighted by molar-refractivity contribution is -0.148. The Hall–Kier alpha value is -3.12. The summed E-state index contributed by atoms with van der Waals surface area (Å²) in [4.78, 5) is 37.6. The quantitative estimate of drug-likeness (QED) is 0.727. The zero-order valence-corrected chi connectivity index (χ0v) is 15.9. The monoisotopic (exact) mass is 398 g/mol. The molecule has 0 radical (unpaired) electrons. The van der Waals surface area contributed by atoms with Crippen LogP contribution in [-0.2, 0) is 20.9 Å². The molecule has 2 aromatic carbocycles. The maximum absolute atomic E-state index is 12.4. The Bertz CT molecular complexity index is 907. The van der Waals surface area contributed by atoms with Crippen molar-refractivity contribution in [3.05, 3.63) is 76.8 Å². The molecule has 1 aliphatic heterocycles. The molecule has 7 heteroatoms. The minimum Gasteiger partial charge on any atom is -0.456 e. The number of nitrogens with zero attached hydrogens (tertiary/aromatic N) is 1. The van der Waals surface area contributed by atoms with Gasteiger partial charge in [0.15, 0.2) is 6.61 Å². The molecule has 1 aliphatic rings. The van der Waals surface area contributed by atoms with Crippen molar-refractivity contribution < 1.29 is 19.1 Å². The number of carbonyl (C=O) groups excluding carboxylic acids is 3. The van der Waals surface area contributed by atoms with Gasteiger partial charge in [0.2, 0.25) is 0 Å². The van der Waals surface area contributed by atoms with Crippen molar-refractivity contribution in [1.82, 2.24) is 10.2 Å². The topological polar surface area (TPSA) is 75.7 Å². The zero-order valence-electron chi connectivity index (χ0n) is 15.1. The van der Waals surface area contributed by atoms with Crippen LogP contribution < -0.4 is 5.32 Å². The second-order valence-corrected chi connectivity index (χ2v) is 6.70. The highest BCUT2D eigenvalue weighted by molar-refractivity contribution is 6.30. The predicted octanol–water partition coefficient (Wildman–Crippen LogP) is 3.02. The number of rotatable bonds is 7. The highest BCUT2D eigenvalue weighted by Gasteiger charge is 2.30. The Morgan fingerprint density at radius 2 is 1.86 bits per heavy atom. The third-order valence-electron chi connectivity index (χ3n) is 4.32. The summed E-state index contributed by atoms with van der Waals surface area (Å²) in [5.41, 5.74) is 2.74. The van der Waals surface area contributed by atoms with Crippen LogP contribution in [0.2, 0.25) is 5.02 Å². The van der Waals surface area contributed by atoms with E-state index in [9.17, 15) is 14.4 Å². The first-order chi connectivity index (χ1) is 13.5. The summed E-state index contributed by atoms with van der Waals surface area (Å²) in [6.07, 6.45) is -0.0275. The number of carbonyl (C=O) groups is 3. The lowest BCUT2D eigenvalue weighted by atomic mass is 10.1. The van der Waals surface area contributed by atoms with Crippen molar-refractivity contribution in [1.29, 1.82) is 0 Å². The fourth-order valence-electron chi connectivity index (χ4n) is 2.89. The minimum atomic E-state index is -0.561. The molecule has 0 aromatic heterocycles. The van der Waals surface area contributed by atoms with Gasteiger partial charge in [-0.05, 0) is 23.8 Å². The average Bonchev–Trinajstić information content (AvgIpc) is 2.94. The molecule has 1 heterocycles. The minimum absolute atomic E-state index is 0.0275. The molecule has 6 nitrogen and oxygen atoms in total. The number of amides is 2. The van der Waals surface area contributed by atoms with Crippen molar-refractivity contribution >= 4 is 35.1 Å². The Morgan fingerprint density at radius 1 is 1.11 bits per heavy atom. The smallest absolute Gasteiger partial charge is 0.308 e. The Balaban J connectivity index is 1.41. The molecular formula is C21H19ClN2O4. The maximum atomic E-state index is 12.4. The Morgan fingerprint density at radius 3 is 2.57 bits per heavy atom. The van der Waals surface area contributed by atoms with Crippen molar-refractivity contribution in [2.45, 2.75) is 13.0 Å². The summed E-state index contributed by atoms with van der Waals surface area (Å²) >= 11 is 5.89. The first-order valence-electron chi connectivity index (χ1n) is 8.72. The van der Waals surface area contributed by atoms with E-state index in [1.807, 2.05) is 18.2 Å². The molecule has 28 heavy (non-hydrogen) atoms. The van der Waals surface area contributed by atoms with Gasteiger partial charge in [-0.2, -0.15) is 0 Å². The van der Waals surface area contributed by atoms with Gasteiger partial charge in [-0.15, -0.1) is 0 Å². The van der Waals surface area contributed by atoms with Crippen molar-refractivity contribution in [2.24, 2.45) is 0 Å². The number of ether oxygens (including phenoxy) is 1. The van der Waals surface area contributed by atoms with E-state index in [-0.39, 0.29) is 32.0 Å². The molecule has 144 valence electrons. The van der Waals surface area contributed by atoms with E-state index in [4.69, 9.17) is 16.3 Å². The molecule has 3 rings (SSSR count). The third kappa shape index (κ3) is 4.58. The van der Waals surface area contributed by atoms with Crippen LogP contribution in [0, 0.1) is 0 Å². The van der Waals surface area contributed by atoms with Crippen LogP contribution in [0.1, 0.15) is 27.9 Å². The summed E-state index contributed by atoms with van der Waals surface area (Å²) in [6, 6.07) is 14.3. The lowest BCUT2D eigenvalue weighted by Gasteiger charge is -2.16. The molecule has 0 fully saturated rings. The normalized spacial score (nSPS) is 12.7. The van der Waals surface area contributed by atoms with E-state index >= 15 is 0 Å². The molecule has 0 saturated carbocycles. The number of fused-ring (bicyclic) bond motifs is 1. The molecule has 2 amide bonds. The third-order valence-corrected chi connectivity index (χ3v) is 4.56. The molecule has 0 spiro atoms. The number of esters is 1. The SMILES string of the molecule is C=C1c2ccccc2C(=O)N1CCC(=O)OCC(=O)NCc1cccc(Cl)c1. The first-order valence-corrected chi connectivity index (χ1v) is 9.10. The van der Waals surface area contributed by atoms with Crippen LogP contribution in [0.5, 0.6) is 0 Å². The van der Waals surface area contributed by atoms with Gasteiger partial charge in [0.05, 0.1) is 6.42 Å². The van der Waals surface area contributed by atoms with Gasteiger partial charge in [-0.3, -0.25) is 14.4 Å². The first kappa shape index (κ1) is 19.6. The van der Waals surface area contributed by atoms with E-state index < -0.39 is 11.9 Å².